The number of nitrogens with zero attached hydrogens (tertiary/aromatic N) is 1. The van der Waals surface area contributed by atoms with E-state index in [0.29, 0.717) is 28.3 Å². The van der Waals surface area contributed by atoms with Crippen molar-refractivity contribution in [1.82, 2.24) is 9.88 Å². The van der Waals surface area contributed by atoms with Crippen molar-refractivity contribution < 1.29 is 23.9 Å². The lowest BCUT2D eigenvalue weighted by atomic mass is 10.1. The number of amides is 2. The standard InChI is InChI=1S/C38H31N3O5S/c1-45-34-21-16-25(23-35(34)46-2)22-31(40-37(43)26-10-4-3-5-11-26)38(44)39-27-17-19-28(20-18-27)47-24-36(42)41-32-14-8-6-12-29(32)30-13-7-9-15-33(30)41/h3-23H,24H2,1-2H3,(H,39,44)(H,40,43)/b31-22-. The van der Waals surface area contributed by atoms with Crippen LogP contribution >= 0.6 is 11.8 Å². The van der Waals surface area contributed by atoms with Gasteiger partial charge in [-0.15, -0.1) is 11.8 Å². The highest BCUT2D eigenvalue weighted by Gasteiger charge is 2.18. The summed E-state index contributed by atoms with van der Waals surface area (Å²) in [5.74, 6) is 0.304. The molecular formula is C38H31N3O5S. The molecule has 0 aliphatic carbocycles. The van der Waals surface area contributed by atoms with Gasteiger partial charge in [-0.3, -0.25) is 19.0 Å². The van der Waals surface area contributed by atoms with Gasteiger partial charge in [-0.05, 0) is 72.3 Å². The Hall–Kier alpha value is -5.80. The van der Waals surface area contributed by atoms with Crippen molar-refractivity contribution in [2.24, 2.45) is 0 Å². The third-order valence-electron chi connectivity index (χ3n) is 7.55. The number of carbonyl (C=O) groups is 3. The smallest absolute Gasteiger partial charge is 0.272 e. The molecule has 0 unspecified atom stereocenters. The van der Waals surface area contributed by atoms with Crippen LogP contribution in [0.2, 0.25) is 0 Å². The average Bonchev–Trinajstić information content (AvgIpc) is 3.45. The number of hydrogen-bond acceptors (Lipinski definition) is 6. The molecule has 1 heterocycles. The zero-order valence-electron chi connectivity index (χ0n) is 25.7. The van der Waals surface area contributed by atoms with Crippen LogP contribution in [0, 0.1) is 0 Å². The summed E-state index contributed by atoms with van der Waals surface area (Å²) in [5.41, 5.74) is 3.38. The topological polar surface area (TPSA) is 98.7 Å². The molecule has 0 spiro atoms. The van der Waals surface area contributed by atoms with Crippen molar-refractivity contribution in [3.8, 4) is 11.5 Å². The molecule has 0 saturated carbocycles. The maximum absolute atomic E-state index is 13.5. The molecule has 0 bridgehead atoms. The third-order valence-corrected chi connectivity index (χ3v) is 8.55. The molecule has 8 nitrogen and oxygen atoms in total. The number of para-hydroxylation sites is 2. The van der Waals surface area contributed by atoms with Gasteiger partial charge in [-0.25, -0.2) is 0 Å². The van der Waals surface area contributed by atoms with Gasteiger partial charge in [0.15, 0.2) is 11.5 Å². The Bertz CT molecular complexity index is 2070. The van der Waals surface area contributed by atoms with Gasteiger partial charge in [0.1, 0.15) is 5.70 Å². The van der Waals surface area contributed by atoms with Crippen LogP contribution in [-0.2, 0) is 4.79 Å². The van der Waals surface area contributed by atoms with Crippen LogP contribution in [0.1, 0.15) is 20.7 Å². The van der Waals surface area contributed by atoms with Crippen molar-refractivity contribution in [3.63, 3.8) is 0 Å². The van der Waals surface area contributed by atoms with E-state index in [4.69, 9.17) is 9.47 Å². The van der Waals surface area contributed by atoms with Crippen LogP contribution in [0.5, 0.6) is 11.5 Å². The van der Waals surface area contributed by atoms with Crippen LogP contribution in [0.4, 0.5) is 5.69 Å². The first-order valence-electron chi connectivity index (χ1n) is 14.8. The number of hydrogen-bond donors (Lipinski definition) is 2. The lowest BCUT2D eigenvalue weighted by Gasteiger charge is -2.13. The summed E-state index contributed by atoms with van der Waals surface area (Å²) in [5, 5.41) is 7.70. The van der Waals surface area contributed by atoms with E-state index in [2.05, 4.69) is 10.6 Å². The molecule has 0 saturated heterocycles. The molecule has 5 aromatic carbocycles. The Balaban J connectivity index is 1.17. The van der Waals surface area contributed by atoms with Gasteiger partial charge in [0.05, 0.1) is 31.0 Å². The maximum Gasteiger partial charge on any atom is 0.272 e. The quantitative estimate of drug-likeness (QED) is 0.118. The van der Waals surface area contributed by atoms with E-state index in [1.54, 1.807) is 72.4 Å². The van der Waals surface area contributed by atoms with Gasteiger partial charge >= 0.3 is 0 Å². The van der Waals surface area contributed by atoms with Crippen LogP contribution < -0.4 is 20.1 Å². The van der Waals surface area contributed by atoms with Gasteiger partial charge < -0.3 is 20.1 Å². The number of ether oxygens (including phenoxy) is 2. The largest absolute Gasteiger partial charge is 0.493 e. The monoisotopic (exact) mass is 641 g/mol. The number of aromatic nitrogens is 1. The van der Waals surface area contributed by atoms with Crippen molar-refractivity contribution in [3.05, 3.63) is 138 Å². The van der Waals surface area contributed by atoms with E-state index >= 15 is 0 Å². The minimum atomic E-state index is -0.508. The molecule has 0 radical (unpaired) electrons. The Morgan fingerprint density at radius 1 is 0.723 bits per heavy atom. The minimum absolute atomic E-state index is 0.0242. The van der Waals surface area contributed by atoms with Gasteiger partial charge in [-0.1, -0.05) is 60.7 Å². The molecule has 47 heavy (non-hydrogen) atoms. The van der Waals surface area contributed by atoms with E-state index in [-0.39, 0.29) is 17.4 Å². The van der Waals surface area contributed by atoms with E-state index < -0.39 is 11.8 Å². The number of anilines is 1. The zero-order valence-corrected chi connectivity index (χ0v) is 26.5. The highest BCUT2D eigenvalue weighted by atomic mass is 32.2. The predicted molar refractivity (Wildman–Crippen MR) is 187 cm³/mol. The Labute approximate surface area is 276 Å². The van der Waals surface area contributed by atoms with Gasteiger partial charge in [0.2, 0.25) is 5.91 Å². The fraction of sp³-hybridized carbons (Fsp3) is 0.0789. The number of nitrogens with one attached hydrogen (secondary N) is 2. The van der Waals surface area contributed by atoms with Gasteiger partial charge in [0, 0.05) is 26.9 Å². The molecule has 2 N–H and O–H groups in total. The zero-order chi connectivity index (χ0) is 32.8. The molecule has 2 amide bonds. The highest BCUT2D eigenvalue weighted by molar-refractivity contribution is 8.00. The van der Waals surface area contributed by atoms with E-state index in [1.807, 2.05) is 66.7 Å². The molecule has 0 atom stereocenters. The number of methoxy groups -OCH3 is 2. The van der Waals surface area contributed by atoms with Crippen LogP contribution in [0.3, 0.4) is 0 Å². The van der Waals surface area contributed by atoms with Crippen LogP contribution in [0.15, 0.2) is 132 Å². The summed E-state index contributed by atoms with van der Waals surface area (Å²) in [4.78, 5) is 40.8. The summed E-state index contributed by atoms with van der Waals surface area (Å²) < 4.78 is 12.5. The second-order valence-corrected chi connectivity index (χ2v) is 11.6. The van der Waals surface area contributed by atoms with Crippen molar-refractivity contribution >= 4 is 63.1 Å². The first-order chi connectivity index (χ1) is 22.9. The molecule has 0 aliphatic rings. The van der Waals surface area contributed by atoms with Crippen LogP contribution in [0.25, 0.3) is 27.9 Å². The van der Waals surface area contributed by atoms with Gasteiger partial charge in [0.25, 0.3) is 11.8 Å². The normalized spacial score (nSPS) is 11.3. The number of rotatable bonds is 10. The summed E-state index contributed by atoms with van der Waals surface area (Å²) in [6.07, 6.45) is 1.57. The van der Waals surface area contributed by atoms with Crippen molar-refractivity contribution in [2.45, 2.75) is 4.90 Å². The lowest BCUT2D eigenvalue weighted by molar-refractivity contribution is -0.113. The number of carbonyl (C=O) groups excluding carboxylic acids is 3. The molecule has 6 rings (SSSR count). The van der Waals surface area contributed by atoms with Crippen molar-refractivity contribution in [1.29, 1.82) is 0 Å². The number of benzene rings is 5. The minimum Gasteiger partial charge on any atom is -0.493 e. The lowest BCUT2D eigenvalue weighted by Crippen LogP contribution is -2.30. The Morgan fingerprint density at radius 2 is 1.34 bits per heavy atom. The molecule has 9 heteroatoms. The maximum atomic E-state index is 13.5. The fourth-order valence-electron chi connectivity index (χ4n) is 5.29. The first kappa shape index (κ1) is 31.2. The Morgan fingerprint density at radius 3 is 1.98 bits per heavy atom. The van der Waals surface area contributed by atoms with E-state index in [1.165, 1.54) is 18.9 Å². The fourth-order valence-corrected chi connectivity index (χ4v) is 6.03. The molecule has 1 aromatic heterocycles. The SMILES string of the molecule is COc1ccc(/C=C(\NC(=O)c2ccccc2)C(=O)Nc2ccc(SCC(=O)n3c4ccccc4c4ccccc43)cc2)cc1OC. The average molecular weight is 642 g/mol. The number of thioether (sulfide) groups is 1. The molecular weight excluding hydrogens is 611 g/mol. The second kappa shape index (κ2) is 14.1. The third kappa shape index (κ3) is 6.90. The summed E-state index contributed by atoms with van der Waals surface area (Å²) in [6.45, 7) is 0. The Kier molecular flexibility index (Phi) is 9.36. The molecule has 234 valence electrons. The molecule has 6 aromatic rings. The molecule has 0 fully saturated rings. The number of fused-ring (bicyclic) bond motifs is 3. The summed E-state index contributed by atoms with van der Waals surface area (Å²) in [6, 6.07) is 36.9. The van der Waals surface area contributed by atoms with Crippen molar-refractivity contribution in [2.75, 3.05) is 25.3 Å². The summed E-state index contributed by atoms with van der Waals surface area (Å²) >= 11 is 1.42. The first-order valence-corrected chi connectivity index (χ1v) is 15.8. The summed E-state index contributed by atoms with van der Waals surface area (Å²) in [7, 11) is 3.07. The van der Waals surface area contributed by atoms with E-state index in [0.717, 1.165) is 26.7 Å². The van der Waals surface area contributed by atoms with Crippen LogP contribution in [-0.4, -0.2) is 42.3 Å². The predicted octanol–water partition coefficient (Wildman–Crippen LogP) is 7.65. The van der Waals surface area contributed by atoms with Gasteiger partial charge in [-0.2, -0.15) is 0 Å². The highest BCUT2D eigenvalue weighted by Crippen LogP contribution is 2.31. The van der Waals surface area contributed by atoms with E-state index in [9.17, 15) is 14.4 Å². The second-order valence-electron chi connectivity index (χ2n) is 10.5. The molecule has 0 aliphatic heterocycles.